The zero-order valence-electron chi connectivity index (χ0n) is 11.2. The Morgan fingerprint density at radius 1 is 1.35 bits per heavy atom. The van der Waals surface area contributed by atoms with Crippen molar-refractivity contribution in [2.24, 2.45) is 5.92 Å². The minimum atomic E-state index is 0.149. The summed E-state index contributed by atoms with van der Waals surface area (Å²) in [4.78, 5) is 18.8. The van der Waals surface area contributed by atoms with Gasteiger partial charge >= 0.3 is 0 Å². The standard InChI is InChI=1S/C16H16N2OS/c19-16(18-10-11-5-6-12(18)9-11)8-7-15-17-13-3-1-2-4-14(13)20-15/h1-4,7-8,11-12H,5-6,9-10H2/b8-7+/t11-,12-/m0/s1. The molecule has 4 rings (SSSR count). The van der Waals surface area contributed by atoms with Crippen molar-refractivity contribution in [1.82, 2.24) is 9.88 Å². The molecule has 1 saturated carbocycles. The molecule has 1 amide bonds. The van der Waals surface area contributed by atoms with Crippen molar-refractivity contribution in [1.29, 1.82) is 0 Å². The number of carbonyl (C=O) groups is 1. The first-order chi connectivity index (χ1) is 9.79. The van der Waals surface area contributed by atoms with Crippen molar-refractivity contribution >= 4 is 33.5 Å². The fourth-order valence-electron chi connectivity index (χ4n) is 3.39. The smallest absolute Gasteiger partial charge is 0.246 e. The van der Waals surface area contributed by atoms with Gasteiger partial charge in [-0.3, -0.25) is 4.79 Å². The number of fused-ring (bicyclic) bond motifs is 3. The number of carbonyl (C=O) groups excluding carboxylic acids is 1. The number of amides is 1. The maximum Gasteiger partial charge on any atom is 0.246 e. The van der Waals surface area contributed by atoms with Gasteiger partial charge in [-0.05, 0) is 43.4 Å². The number of hydrogen-bond acceptors (Lipinski definition) is 3. The average Bonchev–Trinajstić information content (AvgIpc) is 3.18. The fraction of sp³-hybridized carbons (Fsp3) is 0.375. The van der Waals surface area contributed by atoms with Crippen LogP contribution in [0.15, 0.2) is 30.3 Å². The molecule has 2 fully saturated rings. The number of aromatic nitrogens is 1. The van der Waals surface area contributed by atoms with Crippen LogP contribution in [0.3, 0.4) is 0 Å². The Morgan fingerprint density at radius 2 is 2.25 bits per heavy atom. The van der Waals surface area contributed by atoms with E-state index in [0.29, 0.717) is 6.04 Å². The molecule has 4 heteroatoms. The van der Waals surface area contributed by atoms with Gasteiger partial charge in [0.15, 0.2) is 0 Å². The number of rotatable bonds is 2. The Bertz CT molecular complexity index is 658. The lowest BCUT2D eigenvalue weighted by atomic mass is 10.1. The molecule has 2 aromatic rings. The van der Waals surface area contributed by atoms with Gasteiger partial charge in [-0.2, -0.15) is 0 Å². The average molecular weight is 284 g/mol. The number of likely N-dealkylation sites (tertiary alicyclic amines) is 1. The SMILES string of the molecule is O=C(/C=C/c1nc2ccccc2s1)N1C[C@H]2CC[C@H]1C2. The molecule has 20 heavy (non-hydrogen) atoms. The summed E-state index contributed by atoms with van der Waals surface area (Å²) < 4.78 is 1.17. The van der Waals surface area contributed by atoms with Crippen LogP contribution in [0.1, 0.15) is 24.3 Å². The van der Waals surface area contributed by atoms with Crippen LogP contribution in [-0.4, -0.2) is 28.4 Å². The van der Waals surface area contributed by atoms with Crippen LogP contribution in [0.2, 0.25) is 0 Å². The van der Waals surface area contributed by atoms with Crippen LogP contribution in [0.4, 0.5) is 0 Å². The van der Waals surface area contributed by atoms with E-state index in [-0.39, 0.29) is 5.91 Å². The second kappa shape index (κ2) is 4.70. The van der Waals surface area contributed by atoms with Crippen molar-refractivity contribution in [2.45, 2.75) is 25.3 Å². The van der Waals surface area contributed by atoms with Gasteiger partial charge in [0, 0.05) is 18.7 Å². The molecule has 1 aliphatic carbocycles. The van der Waals surface area contributed by atoms with Crippen molar-refractivity contribution in [2.75, 3.05) is 6.54 Å². The highest BCUT2D eigenvalue weighted by atomic mass is 32.1. The van der Waals surface area contributed by atoms with E-state index in [0.717, 1.165) is 23.0 Å². The van der Waals surface area contributed by atoms with Crippen LogP contribution in [0.25, 0.3) is 16.3 Å². The predicted molar refractivity (Wildman–Crippen MR) is 81.5 cm³/mol. The van der Waals surface area contributed by atoms with Crippen molar-refractivity contribution in [3.05, 3.63) is 35.3 Å². The molecule has 1 saturated heterocycles. The Balaban J connectivity index is 1.51. The molecule has 0 unspecified atom stereocenters. The summed E-state index contributed by atoms with van der Waals surface area (Å²) in [5.74, 6) is 0.899. The third-order valence-corrected chi connectivity index (χ3v) is 5.37. The molecule has 102 valence electrons. The summed E-state index contributed by atoms with van der Waals surface area (Å²) in [6, 6.07) is 8.56. The van der Waals surface area contributed by atoms with E-state index in [1.165, 1.54) is 24.0 Å². The van der Waals surface area contributed by atoms with Gasteiger partial charge in [0.05, 0.1) is 10.2 Å². The van der Waals surface area contributed by atoms with E-state index in [1.54, 1.807) is 17.4 Å². The van der Waals surface area contributed by atoms with Crippen molar-refractivity contribution in [3.63, 3.8) is 0 Å². The van der Waals surface area contributed by atoms with Crippen molar-refractivity contribution < 1.29 is 4.79 Å². The van der Waals surface area contributed by atoms with Crippen molar-refractivity contribution in [3.8, 4) is 0 Å². The first-order valence-electron chi connectivity index (χ1n) is 7.14. The Morgan fingerprint density at radius 3 is 3.00 bits per heavy atom. The number of benzene rings is 1. The zero-order valence-corrected chi connectivity index (χ0v) is 12.0. The van der Waals surface area contributed by atoms with Crippen LogP contribution in [-0.2, 0) is 4.79 Å². The van der Waals surface area contributed by atoms with E-state index in [2.05, 4.69) is 11.1 Å². The van der Waals surface area contributed by atoms with Gasteiger partial charge in [0.1, 0.15) is 5.01 Å². The topological polar surface area (TPSA) is 33.2 Å². The third kappa shape index (κ3) is 2.04. The second-order valence-electron chi connectivity index (χ2n) is 5.68. The lowest BCUT2D eigenvalue weighted by Gasteiger charge is -2.25. The van der Waals surface area contributed by atoms with Crippen LogP contribution in [0.5, 0.6) is 0 Å². The Kier molecular flexibility index (Phi) is 2.84. The fourth-order valence-corrected chi connectivity index (χ4v) is 4.26. The highest BCUT2D eigenvalue weighted by molar-refractivity contribution is 7.19. The maximum absolute atomic E-state index is 12.2. The lowest BCUT2D eigenvalue weighted by Crippen LogP contribution is -2.36. The molecular formula is C16H16N2OS. The highest BCUT2D eigenvalue weighted by Gasteiger charge is 2.39. The first kappa shape index (κ1) is 12.1. The minimum Gasteiger partial charge on any atom is -0.336 e. The quantitative estimate of drug-likeness (QED) is 0.793. The summed E-state index contributed by atoms with van der Waals surface area (Å²) in [5, 5.41) is 0.906. The van der Waals surface area contributed by atoms with Gasteiger partial charge in [0.2, 0.25) is 5.91 Å². The van der Waals surface area contributed by atoms with Gasteiger partial charge in [-0.25, -0.2) is 4.98 Å². The monoisotopic (exact) mass is 284 g/mol. The lowest BCUT2D eigenvalue weighted by molar-refractivity contribution is -0.127. The zero-order chi connectivity index (χ0) is 13.5. The molecule has 2 atom stereocenters. The summed E-state index contributed by atoms with van der Waals surface area (Å²) in [6.07, 6.45) is 7.25. The normalized spacial score (nSPS) is 25.1. The number of thiazole rings is 1. The van der Waals surface area contributed by atoms with Gasteiger partial charge in [0.25, 0.3) is 0 Å². The minimum absolute atomic E-state index is 0.149. The predicted octanol–water partition coefficient (Wildman–Crippen LogP) is 3.32. The van der Waals surface area contributed by atoms with Crippen LogP contribution in [0, 0.1) is 5.92 Å². The molecule has 2 bridgehead atoms. The number of nitrogens with zero attached hydrogens (tertiary/aromatic N) is 2. The summed E-state index contributed by atoms with van der Waals surface area (Å²) >= 11 is 1.63. The molecule has 2 heterocycles. The molecule has 1 aliphatic heterocycles. The molecule has 0 spiro atoms. The largest absolute Gasteiger partial charge is 0.336 e. The molecule has 0 N–H and O–H groups in total. The van der Waals surface area contributed by atoms with Gasteiger partial charge in [-0.15, -0.1) is 11.3 Å². The Labute approximate surface area is 121 Å². The molecule has 1 aromatic heterocycles. The number of piperidine rings is 1. The maximum atomic E-state index is 12.2. The molecule has 0 radical (unpaired) electrons. The summed E-state index contributed by atoms with van der Waals surface area (Å²) in [6.45, 7) is 0.952. The second-order valence-corrected chi connectivity index (χ2v) is 6.74. The van der Waals surface area contributed by atoms with Crippen LogP contribution < -0.4 is 0 Å². The Hall–Kier alpha value is -1.68. The third-order valence-electron chi connectivity index (χ3n) is 4.37. The van der Waals surface area contributed by atoms with E-state index < -0.39 is 0 Å². The van der Waals surface area contributed by atoms with Gasteiger partial charge in [-0.1, -0.05) is 12.1 Å². The molecular weight excluding hydrogens is 268 g/mol. The van der Waals surface area contributed by atoms with E-state index >= 15 is 0 Å². The highest BCUT2D eigenvalue weighted by Crippen LogP contribution is 2.37. The first-order valence-corrected chi connectivity index (χ1v) is 7.95. The van der Waals surface area contributed by atoms with E-state index in [9.17, 15) is 4.79 Å². The van der Waals surface area contributed by atoms with Gasteiger partial charge < -0.3 is 4.90 Å². The van der Waals surface area contributed by atoms with E-state index in [4.69, 9.17) is 0 Å². The summed E-state index contributed by atoms with van der Waals surface area (Å²) in [7, 11) is 0. The number of hydrogen-bond donors (Lipinski definition) is 0. The molecule has 3 nitrogen and oxygen atoms in total. The summed E-state index contributed by atoms with van der Waals surface area (Å²) in [5.41, 5.74) is 1.00. The van der Waals surface area contributed by atoms with Crippen LogP contribution >= 0.6 is 11.3 Å². The molecule has 1 aromatic carbocycles. The molecule has 2 aliphatic rings. The van der Waals surface area contributed by atoms with E-state index in [1.807, 2.05) is 29.2 Å². The number of para-hydroxylation sites is 1.